The Hall–Kier alpha value is -12.5. The molecule has 2 unspecified atom stereocenters. The van der Waals surface area contributed by atoms with E-state index in [1.54, 1.807) is 56.6 Å². The summed E-state index contributed by atoms with van der Waals surface area (Å²) < 4.78 is 6.95. The first-order valence-corrected chi connectivity index (χ1v) is 45.9. The second-order valence-electron chi connectivity index (χ2n) is 34.3. The predicted molar refractivity (Wildman–Crippen MR) is 480 cm³/mol. The summed E-state index contributed by atoms with van der Waals surface area (Å²) in [6.45, 7) is 3.94. The molecule has 0 radical (unpaired) electrons. The molecule has 3 aromatic carbocycles. The van der Waals surface area contributed by atoms with E-state index in [1.165, 1.54) is 40.9 Å². The number of ketones is 1. The van der Waals surface area contributed by atoms with Gasteiger partial charge in [0.25, 0.3) is 0 Å². The minimum Gasteiger partial charge on any atom is -0.508 e. The Morgan fingerprint density at radius 3 is 1.80 bits per heavy atom. The van der Waals surface area contributed by atoms with E-state index in [4.69, 9.17) is 27.7 Å². The average molecular weight is 1860 g/mol. The van der Waals surface area contributed by atoms with Gasteiger partial charge in [0, 0.05) is 91.8 Å². The summed E-state index contributed by atoms with van der Waals surface area (Å²) >= 11 is 0.790. The molecule has 0 spiro atoms. The fourth-order valence-electron chi connectivity index (χ4n) is 17.2. The summed E-state index contributed by atoms with van der Waals surface area (Å²) in [7, 11) is 1.40. The quantitative estimate of drug-likeness (QED) is 0.0287. The van der Waals surface area contributed by atoms with Crippen molar-refractivity contribution in [1.82, 2.24) is 98.0 Å². The number of H-pyrrole nitrogens is 2. The van der Waals surface area contributed by atoms with Gasteiger partial charge in [-0.25, -0.2) is 4.68 Å². The number of thioether (sulfide) groups is 1. The zero-order chi connectivity index (χ0) is 95.6. The van der Waals surface area contributed by atoms with E-state index in [2.05, 4.69) is 78.7 Å². The maximum absolute atomic E-state index is 15.7. The standard InChI is InChI=1S/C88H123N23O20S/c1-6-8-21-68-83(125)97-59(20-14-28-89)79(121)104-67(78(120)95-42-73(92)116)45-132-46-74(117)96-63(33-48-24-26-51(113)27-25-48)86(128)110-30-31-131-44-71(110)85(127)101-64(38-72(91)115)87(129)109-29-15-23-69(109)84(126)102-65(39-90)81(123)98-60(32-47(3)4)75(118)55-36-52(114)37-56(55)77(119)100-62(35-50-41-94-58-19-13-11-17-54(50)58)80(122)103-66(43-112)82(124)99-61(34-49-40-93-57-18-12-10-16-53(49)57)76-105-106-107-111(76)70(22-9-7-2)88(130)108(68)5/h10-13,16-19,24-27,40-41,47,52,55-56,59-71,93-94,112-114H,6-9,14-15,20-23,28-39,42-46,89-90H2,1-5H3,(H2,91,115)(H2,92,116)(H,95,120)(H,96,117)(H,97,125)(H,98,123)(H,99,124)(H,100,119)(H,101,127)(H,102,126)(H,103,122)(H,104,121)/t52-,55?,56+,59-,60-,61-,62-,63-,64-,65-,66-,67?,68-,69-,70-,71-/m0/s1. The van der Waals surface area contributed by atoms with Crippen molar-refractivity contribution in [3.63, 3.8) is 0 Å². The van der Waals surface area contributed by atoms with E-state index in [9.17, 15) is 58.5 Å². The number of ether oxygens (including phenoxy) is 1. The molecule has 132 heavy (non-hydrogen) atoms. The van der Waals surface area contributed by atoms with E-state index in [0.29, 0.717) is 64.2 Å². The van der Waals surface area contributed by atoms with Crippen LogP contribution in [0.2, 0.25) is 0 Å². The van der Waals surface area contributed by atoms with Gasteiger partial charge in [-0.15, -0.1) is 16.9 Å². The number of para-hydroxylation sites is 2. The number of rotatable bonds is 24. The van der Waals surface area contributed by atoms with Gasteiger partial charge < -0.3 is 121 Å². The molecule has 6 aromatic rings. The average Bonchev–Trinajstić information content (AvgIpc) is 1.63. The van der Waals surface area contributed by atoms with Crippen LogP contribution in [0.5, 0.6) is 5.75 Å². The lowest BCUT2D eigenvalue weighted by atomic mass is 9.84. The monoisotopic (exact) mass is 1850 g/mol. The number of phenolic OH excluding ortho intramolecular Hbond substituents is 1. The molecule has 716 valence electrons. The highest BCUT2D eigenvalue weighted by Crippen LogP contribution is 2.36. The lowest BCUT2D eigenvalue weighted by Gasteiger charge is -2.37. The van der Waals surface area contributed by atoms with Crippen molar-refractivity contribution in [3.8, 4) is 5.75 Å². The first-order chi connectivity index (χ1) is 63.2. The summed E-state index contributed by atoms with van der Waals surface area (Å²) in [6.07, 6.45) is 2.02. The molecule has 43 nitrogen and oxygen atoms in total. The van der Waals surface area contributed by atoms with E-state index < -0.39 is 235 Å². The number of benzene rings is 3. The third kappa shape index (κ3) is 26.9. The summed E-state index contributed by atoms with van der Waals surface area (Å²) in [6, 6.07) is 0.345. The van der Waals surface area contributed by atoms with Crippen molar-refractivity contribution in [1.29, 1.82) is 0 Å². The number of carbonyl (C=O) groups excluding carboxylic acids is 16. The second-order valence-corrected chi connectivity index (χ2v) is 35.3. The number of aliphatic hydroxyl groups excluding tert-OH is 2. The van der Waals surface area contributed by atoms with Crippen molar-refractivity contribution in [2.75, 3.05) is 71.1 Å². The number of hydrogen-bond acceptors (Lipinski definition) is 26. The van der Waals surface area contributed by atoms with E-state index >= 15 is 33.6 Å². The Balaban J connectivity index is 1.02. The molecule has 23 N–H and O–H groups in total. The van der Waals surface area contributed by atoms with Crippen LogP contribution in [0.15, 0.2) is 85.2 Å². The van der Waals surface area contributed by atoms with Gasteiger partial charge in [-0.1, -0.05) is 102 Å². The number of aliphatic hydroxyl groups is 2. The van der Waals surface area contributed by atoms with E-state index in [0.717, 1.165) is 21.6 Å². The number of fused-ring (bicyclic) bond motifs is 6. The van der Waals surface area contributed by atoms with Crippen molar-refractivity contribution in [3.05, 3.63) is 108 Å². The zero-order valence-electron chi connectivity index (χ0n) is 74.6. The zero-order valence-corrected chi connectivity index (χ0v) is 75.4. The van der Waals surface area contributed by atoms with Gasteiger partial charge in [0.05, 0.1) is 62.6 Å². The van der Waals surface area contributed by atoms with Crippen molar-refractivity contribution < 1.29 is 96.8 Å². The lowest BCUT2D eigenvalue weighted by molar-refractivity contribution is -0.152. The Kier molecular flexibility index (Phi) is 37.4. The van der Waals surface area contributed by atoms with Crippen molar-refractivity contribution in [2.24, 2.45) is 40.7 Å². The highest BCUT2D eigenvalue weighted by molar-refractivity contribution is 8.00. The smallest absolute Gasteiger partial charge is 0.248 e. The lowest BCUT2D eigenvalue weighted by Crippen LogP contribution is -2.63. The predicted octanol–water partition coefficient (Wildman–Crippen LogP) is -3.01. The number of nitrogens with two attached hydrogens (primary N) is 4. The van der Waals surface area contributed by atoms with Gasteiger partial charge in [0.2, 0.25) is 88.6 Å². The molecule has 3 aliphatic heterocycles. The van der Waals surface area contributed by atoms with Crippen molar-refractivity contribution in [2.45, 2.75) is 221 Å². The molecule has 1 aliphatic carbocycles. The Labute approximate surface area is 765 Å². The van der Waals surface area contributed by atoms with Gasteiger partial charge in [0.1, 0.15) is 72.2 Å². The van der Waals surface area contributed by atoms with E-state index in [-0.39, 0.29) is 121 Å². The Bertz CT molecular complexity index is 5090. The maximum Gasteiger partial charge on any atom is 0.248 e. The number of nitrogens with zero attached hydrogens (tertiary/aromatic N) is 7. The number of primary amides is 2. The van der Waals surface area contributed by atoms with Gasteiger partial charge in [-0.2, -0.15) is 0 Å². The fourth-order valence-corrected chi connectivity index (χ4v) is 18.0. The molecule has 16 atom stereocenters. The van der Waals surface area contributed by atoms with Crippen LogP contribution in [-0.4, -0.2) is 298 Å². The topological polar surface area (TPSA) is 652 Å². The first kappa shape index (κ1) is 102. The number of morpholine rings is 1. The molecule has 3 fully saturated rings. The number of aromatic amines is 2. The third-order valence-electron chi connectivity index (χ3n) is 24.1. The van der Waals surface area contributed by atoms with Crippen LogP contribution < -0.4 is 76.1 Å². The number of hydrogen-bond donors (Lipinski definition) is 19. The molecule has 4 aliphatic rings. The number of tetrazole rings is 1. The molecule has 1 saturated carbocycles. The number of carbonyl (C=O) groups is 16. The number of unbranched alkanes of at least 4 members (excludes halogenated alkanes) is 2. The normalized spacial score (nSPS) is 26.0. The SMILES string of the molecule is CCCC[C@H]1C(=O)N[C@@H](CCCN)C(=O)NC(C(=O)NCC(N)=O)CSCC(=O)N[C@@H](Cc2ccc(O)cc2)C(=O)N2CCOC[C@H]2C(=O)N[C@@H](CC(N)=O)C(=O)N2CCC[C@H]2C(=O)N[C@@H](CN)C(=O)N[C@@H](CC(C)C)C(=O)C2C[C@H](O)C[C@H]2C(=O)N[C@@H](Cc2c[nH]c3ccccc23)C(=O)N[C@@H](CO)C(=O)N[C@@H](Cc2c[nH]c3ccccc23)c2nnnn2[C@@H](CCCC)C(=O)N1C. The fraction of sp³-hybridized carbons (Fsp3) is 0.557. The highest BCUT2D eigenvalue weighted by atomic mass is 32.2. The first-order valence-electron chi connectivity index (χ1n) is 44.7. The summed E-state index contributed by atoms with van der Waals surface area (Å²) in [5.41, 5.74) is 26.3. The van der Waals surface area contributed by atoms with Crippen LogP contribution >= 0.6 is 11.8 Å². The molecular formula is C88H123N23O20S. The number of nitrogens with one attached hydrogen (secondary N) is 12. The molecule has 44 heteroatoms. The molecule has 2 saturated heterocycles. The molecular weight excluding hydrogens is 1730 g/mol. The van der Waals surface area contributed by atoms with Crippen LogP contribution in [0.3, 0.4) is 0 Å². The van der Waals surface area contributed by atoms with Gasteiger partial charge in [-0.05, 0) is 122 Å². The maximum atomic E-state index is 15.7. The summed E-state index contributed by atoms with van der Waals surface area (Å²) in [4.78, 5) is 244. The third-order valence-corrected chi connectivity index (χ3v) is 25.2. The molecule has 6 heterocycles. The molecule has 0 bridgehead atoms. The van der Waals surface area contributed by atoms with Crippen LogP contribution in [0.25, 0.3) is 21.8 Å². The number of aromatic hydroxyl groups is 1. The molecule has 10 rings (SSSR count). The summed E-state index contributed by atoms with van der Waals surface area (Å²) in [5.74, 6) is -18.7. The number of Topliss-reactive ketones (excluding diaryl/α,β-unsaturated/α-hetero) is 1. The minimum atomic E-state index is -1.81. The number of aromatic nitrogens is 6. The minimum absolute atomic E-state index is 0.0105. The largest absolute Gasteiger partial charge is 0.508 e. The van der Waals surface area contributed by atoms with Crippen molar-refractivity contribution >= 4 is 128 Å². The van der Waals surface area contributed by atoms with Crippen LogP contribution in [0.4, 0.5) is 0 Å². The van der Waals surface area contributed by atoms with E-state index in [1.807, 2.05) is 32.0 Å². The number of amides is 15. The number of phenols is 1. The van der Waals surface area contributed by atoms with Crippen LogP contribution in [0, 0.1) is 17.8 Å². The van der Waals surface area contributed by atoms with Gasteiger partial charge in [0.15, 0.2) is 11.6 Å². The Morgan fingerprint density at radius 2 is 1.16 bits per heavy atom. The number of likely N-dealkylation sites (N-methyl/N-ethyl adjacent to an activating group) is 1. The van der Waals surface area contributed by atoms with Crippen LogP contribution in [-0.2, 0) is 101 Å². The summed E-state index contributed by atoms with van der Waals surface area (Å²) in [5, 5.41) is 74.0. The highest BCUT2D eigenvalue weighted by Gasteiger charge is 2.48. The second kappa shape index (κ2) is 48.6. The van der Waals surface area contributed by atoms with Crippen LogP contribution in [0.1, 0.15) is 152 Å². The molecule has 3 aromatic heterocycles. The Morgan fingerprint density at radius 1 is 0.591 bits per heavy atom. The van der Waals surface area contributed by atoms with Gasteiger partial charge >= 0.3 is 0 Å². The molecule has 15 amide bonds. The van der Waals surface area contributed by atoms with Gasteiger partial charge in [-0.3, -0.25) is 76.7 Å².